The fourth-order valence-corrected chi connectivity index (χ4v) is 2.45. The van der Waals surface area contributed by atoms with E-state index in [2.05, 4.69) is 12.1 Å². The standard InChI is InChI=1S/C17H18O3/c1-18-14-8-12(9-15(11-14)19-2)10-16-17(20-16)13-6-4-3-5-7-13/h3-9,11,16-17H,10H2,1-2H3/t16-,17-/m0/s1. The lowest BCUT2D eigenvalue weighted by molar-refractivity contribution is 0.371. The van der Waals surface area contributed by atoms with Crippen LogP contribution in [-0.4, -0.2) is 20.3 Å². The monoisotopic (exact) mass is 270 g/mol. The molecule has 3 heteroatoms. The minimum atomic E-state index is 0.216. The van der Waals surface area contributed by atoms with E-state index in [1.807, 2.05) is 36.4 Å². The van der Waals surface area contributed by atoms with Gasteiger partial charge in [0.05, 0.1) is 20.3 Å². The molecule has 1 heterocycles. The van der Waals surface area contributed by atoms with Gasteiger partial charge in [0, 0.05) is 12.5 Å². The fraction of sp³-hybridized carbons (Fsp3) is 0.294. The van der Waals surface area contributed by atoms with Crippen molar-refractivity contribution in [3.8, 4) is 11.5 Å². The predicted octanol–water partition coefficient (Wildman–Crippen LogP) is 3.39. The number of hydrogen-bond acceptors (Lipinski definition) is 3. The van der Waals surface area contributed by atoms with Gasteiger partial charge in [-0.25, -0.2) is 0 Å². The first-order valence-electron chi connectivity index (χ1n) is 6.72. The number of benzene rings is 2. The normalized spacial score (nSPS) is 20.5. The molecule has 0 bridgehead atoms. The molecule has 0 aliphatic carbocycles. The number of methoxy groups -OCH3 is 2. The van der Waals surface area contributed by atoms with Crippen LogP contribution in [0.5, 0.6) is 11.5 Å². The van der Waals surface area contributed by atoms with E-state index in [9.17, 15) is 0 Å². The second-order valence-corrected chi connectivity index (χ2v) is 4.93. The maximum absolute atomic E-state index is 5.77. The van der Waals surface area contributed by atoms with Crippen molar-refractivity contribution < 1.29 is 14.2 Å². The summed E-state index contributed by atoms with van der Waals surface area (Å²) >= 11 is 0. The van der Waals surface area contributed by atoms with Crippen molar-refractivity contribution in [2.75, 3.05) is 14.2 Å². The molecule has 20 heavy (non-hydrogen) atoms. The molecular formula is C17H18O3. The minimum Gasteiger partial charge on any atom is -0.497 e. The molecule has 1 aliphatic rings. The van der Waals surface area contributed by atoms with Crippen LogP contribution < -0.4 is 9.47 Å². The van der Waals surface area contributed by atoms with E-state index in [4.69, 9.17) is 14.2 Å². The molecule has 0 N–H and O–H groups in total. The topological polar surface area (TPSA) is 31.0 Å². The quantitative estimate of drug-likeness (QED) is 0.780. The van der Waals surface area contributed by atoms with Crippen LogP contribution in [0, 0.1) is 0 Å². The van der Waals surface area contributed by atoms with Crippen molar-refractivity contribution in [1.82, 2.24) is 0 Å². The summed E-state index contributed by atoms with van der Waals surface area (Å²) in [5, 5.41) is 0. The molecule has 2 atom stereocenters. The van der Waals surface area contributed by atoms with Crippen molar-refractivity contribution in [1.29, 1.82) is 0 Å². The molecule has 0 amide bonds. The van der Waals surface area contributed by atoms with Crippen LogP contribution in [0.1, 0.15) is 17.2 Å². The summed E-state index contributed by atoms with van der Waals surface area (Å²) in [4.78, 5) is 0. The summed E-state index contributed by atoms with van der Waals surface area (Å²) < 4.78 is 16.4. The first-order valence-corrected chi connectivity index (χ1v) is 6.72. The molecule has 1 saturated heterocycles. The highest BCUT2D eigenvalue weighted by atomic mass is 16.6. The third kappa shape index (κ3) is 2.78. The zero-order valence-corrected chi connectivity index (χ0v) is 11.7. The Balaban J connectivity index is 1.70. The molecule has 104 valence electrons. The third-order valence-corrected chi connectivity index (χ3v) is 3.56. The number of epoxide rings is 1. The molecule has 0 radical (unpaired) electrons. The van der Waals surface area contributed by atoms with E-state index in [1.165, 1.54) is 11.1 Å². The van der Waals surface area contributed by atoms with Gasteiger partial charge in [-0.3, -0.25) is 0 Å². The Kier molecular flexibility index (Phi) is 3.61. The number of rotatable bonds is 5. The molecule has 1 aliphatic heterocycles. The maximum atomic E-state index is 5.77. The Bertz CT molecular complexity index is 558. The van der Waals surface area contributed by atoms with E-state index < -0.39 is 0 Å². The van der Waals surface area contributed by atoms with E-state index >= 15 is 0 Å². The lowest BCUT2D eigenvalue weighted by Gasteiger charge is -2.07. The van der Waals surface area contributed by atoms with Crippen LogP contribution in [0.15, 0.2) is 48.5 Å². The van der Waals surface area contributed by atoms with Gasteiger partial charge in [0.15, 0.2) is 0 Å². The molecule has 0 aromatic heterocycles. The lowest BCUT2D eigenvalue weighted by Crippen LogP contribution is -1.97. The van der Waals surface area contributed by atoms with Gasteiger partial charge in [-0.2, -0.15) is 0 Å². The zero-order chi connectivity index (χ0) is 13.9. The van der Waals surface area contributed by atoms with Crippen molar-refractivity contribution in [2.45, 2.75) is 18.6 Å². The molecule has 2 aromatic rings. The molecule has 3 rings (SSSR count). The van der Waals surface area contributed by atoms with Crippen molar-refractivity contribution >= 4 is 0 Å². The molecule has 1 fully saturated rings. The second kappa shape index (κ2) is 5.55. The van der Waals surface area contributed by atoms with E-state index in [1.54, 1.807) is 14.2 Å². The van der Waals surface area contributed by atoms with Gasteiger partial charge in [0.2, 0.25) is 0 Å². The van der Waals surface area contributed by atoms with Crippen LogP contribution in [0.2, 0.25) is 0 Å². The summed E-state index contributed by atoms with van der Waals surface area (Å²) in [7, 11) is 3.33. The van der Waals surface area contributed by atoms with Crippen LogP contribution in [-0.2, 0) is 11.2 Å². The molecule has 0 saturated carbocycles. The minimum absolute atomic E-state index is 0.216. The van der Waals surface area contributed by atoms with Gasteiger partial charge >= 0.3 is 0 Å². The number of ether oxygens (including phenoxy) is 3. The van der Waals surface area contributed by atoms with Gasteiger partial charge in [-0.05, 0) is 23.3 Å². The predicted molar refractivity (Wildman–Crippen MR) is 77.3 cm³/mol. The van der Waals surface area contributed by atoms with Gasteiger partial charge in [0.25, 0.3) is 0 Å². The van der Waals surface area contributed by atoms with Crippen LogP contribution in [0.3, 0.4) is 0 Å². The molecule has 0 unspecified atom stereocenters. The lowest BCUT2D eigenvalue weighted by atomic mass is 10.0. The highest BCUT2D eigenvalue weighted by molar-refractivity contribution is 5.39. The summed E-state index contributed by atoms with van der Waals surface area (Å²) in [6.07, 6.45) is 1.33. The Hall–Kier alpha value is -2.00. The van der Waals surface area contributed by atoms with Crippen molar-refractivity contribution in [3.05, 3.63) is 59.7 Å². The van der Waals surface area contributed by atoms with Crippen molar-refractivity contribution in [3.63, 3.8) is 0 Å². The van der Waals surface area contributed by atoms with Crippen molar-refractivity contribution in [2.24, 2.45) is 0 Å². The molecular weight excluding hydrogens is 252 g/mol. The molecule has 0 spiro atoms. The summed E-state index contributed by atoms with van der Waals surface area (Å²) in [6.45, 7) is 0. The Morgan fingerprint density at radius 1 is 0.950 bits per heavy atom. The highest BCUT2D eigenvalue weighted by Crippen LogP contribution is 2.41. The average molecular weight is 270 g/mol. The maximum Gasteiger partial charge on any atom is 0.122 e. The van der Waals surface area contributed by atoms with E-state index in [0.29, 0.717) is 0 Å². The highest BCUT2D eigenvalue weighted by Gasteiger charge is 2.39. The van der Waals surface area contributed by atoms with Crippen LogP contribution >= 0.6 is 0 Å². The van der Waals surface area contributed by atoms with Gasteiger partial charge < -0.3 is 14.2 Å². The third-order valence-electron chi connectivity index (χ3n) is 3.56. The van der Waals surface area contributed by atoms with Crippen LogP contribution in [0.4, 0.5) is 0 Å². The molecule has 3 nitrogen and oxygen atoms in total. The average Bonchev–Trinajstić information content (AvgIpc) is 3.27. The van der Waals surface area contributed by atoms with E-state index in [-0.39, 0.29) is 12.2 Å². The molecule has 2 aromatic carbocycles. The Labute approximate surface area is 119 Å². The Morgan fingerprint density at radius 2 is 1.60 bits per heavy atom. The van der Waals surface area contributed by atoms with E-state index in [0.717, 1.165) is 17.9 Å². The fourth-order valence-electron chi connectivity index (χ4n) is 2.45. The smallest absolute Gasteiger partial charge is 0.122 e. The SMILES string of the molecule is COc1cc(C[C@@H]2O[C@H]2c2ccccc2)cc(OC)c1. The summed E-state index contributed by atoms with van der Waals surface area (Å²) in [5.74, 6) is 1.63. The zero-order valence-electron chi connectivity index (χ0n) is 11.7. The first-order chi connectivity index (χ1) is 9.80. The number of hydrogen-bond donors (Lipinski definition) is 0. The van der Waals surface area contributed by atoms with Gasteiger partial charge in [0.1, 0.15) is 17.6 Å². The van der Waals surface area contributed by atoms with Crippen LogP contribution in [0.25, 0.3) is 0 Å². The summed E-state index contributed by atoms with van der Waals surface area (Å²) in [5.41, 5.74) is 2.41. The second-order valence-electron chi connectivity index (χ2n) is 4.93. The Morgan fingerprint density at radius 3 is 2.20 bits per heavy atom. The van der Waals surface area contributed by atoms with Gasteiger partial charge in [-0.15, -0.1) is 0 Å². The largest absolute Gasteiger partial charge is 0.497 e. The summed E-state index contributed by atoms with van der Waals surface area (Å²) in [6, 6.07) is 16.3. The first kappa shape index (κ1) is 13.0. The van der Waals surface area contributed by atoms with Gasteiger partial charge in [-0.1, -0.05) is 30.3 Å².